The average Bonchev–Trinajstić information content (AvgIpc) is 3.27. The van der Waals surface area contributed by atoms with Crippen LogP contribution in [0, 0.1) is 0 Å². The molecule has 0 saturated carbocycles. The number of likely N-dealkylation sites (N-methyl/N-ethyl adjacent to an activating group) is 1. The number of benzene rings is 2. The SMILES string of the molecule is COc1ccc(Br)cc1CN(C)C(=O)[C@H]1CS[C@@]2(c3ccc(Br)cc3)CCC(=O)N12. The molecule has 4 rings (SSSR count). The van der Waals surface area contributed by atoms with Crippen LogP contribution in [-0.4, -0.2) is 47.6 Å². The highest BCUT2D eigenvalue weighted by Gasteiger charge is 2.57. The standard InChI is InChI=1S/C22H22Br2N2O3S/c1-25(12-14-11-17(24)7-8-19(14)29-2)21(28)18-13-30-22(10-9-20(27)26(18)22)15-3-5-16(23)6-4-15/h3-8,11,18H,9-10,12-13H2,1-2H3/t18-,22-/m1/s1. The Kier molecular flexibility index (Phi) is 6.19. The highest BCUT2D eigenvalue weighted by Crippen LogP contribution is 2.54. The Morgan fingerprint density at radius 3 is 2.63 bits per heavy atom. The fourth-order valence-electron chi connectivity index (χ4n) is 4.29. The predicted molar refractivity (Wildman–Crippen MR) is 125 cm³/mol. The lowest BCUT2D eigenvalue weighted by Gasteiger charge is -2.35. The summed E-state index contributed by atoms with van der Waals surface area (Å²) in [5, 5.41) is 0. The molecule has 0 aromatic heterocycles. The molecule has 2 aromatic carbocycles. The quantitative estimate of drug-likeness (QED) is 0.535. The Labute approximate surface area is 197 Å². The molecule has 158 valence electrons. The van der Waals surface area contributed by atoms with E-state index >= 15 is 0 Å². The maximum absolute atomic E-state index is 13.4. The third kappa shape index (κ3) is 3.78. The zero-order valence-corrected chi connectivity index (χ0v) is 20.7. The lowest BCUT2D eigenvalue weighted by molar-refractivity contribution is -0.143. The zero-order valence-electron chi connectivity index (χ0n) is 16.7. The lowest BCUT2D eigenvalue weighted by Crippen LogP contribution is -2.50. The first-order chi connectivity index (χ1) is 14.4. The van der Waals surface area contributed by atoms with Crippen molar-refractivity contribution in [2.75, 3.05) is 19.9 Å². The number of methoxy groups -OCH3 is 1. The summed E-state index contributed by atoms with van der Waals surface area (Å²) < 4.78 is 7.37. The Morgan fingerprint density at radius 1 is 1.23 bits per heavy atom. The highest BCUT2D eigenvalue weighted by atomic mass is 79.9. The van der Waals surface area contributed by atoms with Crippen molar-refractivity contribution in [3.8, 4) is 5.75 Å². The molecular weight excluding hydrogens is 532 g/mol. The van der Waals surface area contributed by atoms with Gasteiger partial charge in [-0.3, -0.25) is 9.59 Å². The van der Waals surface area contributed by atoms with E-state index in [0.29, 0.717) is 18.7 Å². The van der Waals surface area contributed by atoms with Crippen LogP contribution in [0.1, 0.15) is 24.0 Å². The van der Waals surface area contributed by atoms with Gasteiger partial charge >= 0.3 is 0 Å². The number of nitrogens with zero attached hydrogens (tertiary/aromatic N) is 2. The number of amides is 2. The van der Waals surface area contributed by atoms with E-state index in [0.717, 1.165) is 32.2 Å². The van der Waals surface area contributed by atoms with Crippen molar-refractivity contribution in [2.45, 2.75) is 30.3 Å². The molecule has 2 aliphatic rings. The number of hydrogen-bond donors (Lipinski definition) is 0. The van der Waals surface area contributed by atoms with Gasteiger partial charge in [-0.15, -0.1) is 11.8 Å². The van der Waals surface area contributed by atoms with E-state index in [-0.39, 0.29) is 11.8 Å². The molecule has 8 heteroatoms. The summed E-state index contributed by atoms with van der Waals surface area (Å²) in [6, 6.07) is 13.4. The van der Waals surface area contributed by atoms with E-state index in [1.165, 1.54) is 0 Å². The average molecular weight is 554 g/mol. The van der Waals surface area contributed by atoms with Crippen molar-refractivity contribution < 1.29 is 14.3 Å². The van der Waals surface area contributed by atoms with Crippen LogP contribution in [-0.2, 0) is 21.0 Å². The molecular formula is C22H22Br2N2O3S. The molecule has 2 aliphatic heterocycles. The van der Waals surface area contributed by atoms with Crippen LogP contribution in [0.15, 0.2) is 51.4 Å². The molecule has 0 aliphatic carbocycles. The summed E-state index contributed by atoms with van der Waals surface area (Å²) in [6.45, 7) is 0.413. The molecule has 0 N–H and O–H groups in total. The van der Waals surface area contributed by atoms with Crippen molar-refractivity contribution in [3.63, 3.8) is 0 Å². The van der Waals surface area contributed by atoms with E-state index in [2.05, 4.69) is 31.9 Å². The van der Waals surface area contributed by atoms with Gasteiger partial charge < -0.3 is 14.5 Å². The van der Waals surface area contributed by atoms with Crippen LogP contribution in [0.5, 0.6) is 5.75 Å². The first-order valence-electron chi connectivity index (χ1n) is 9.65. The summed E-state index contributed by atoms with van der Waals surface area (Å²) in [5.74, 6) is 1.34. The molecule has 2 heterocycles. The summed E-state index contributed by atoms with van der Waals surface area (Å²) in [7, 11) is 3.41. The van der Waals surface area contributed by atoms with E-state index in [9.17, 15) is 9.59 Å². The van der Waals surface area contributed by atoms with E-state index in [1.807, 2.05) is 47.4 Å². The topological polar surface area (TPSA) is 49.9 Å². The van der Waals surface area contributed by atoms with Gasteiger partial charge in [-0.1, -0.05) is 44.0 Å². The number of ether oxygens (including phenoxy) is 1. The Hall–Kier alpha value is -1.51. The monoisotopic (exact) mass is 552 g/mol. The third-order valence-electron chi connectivity index (χ3n) is 5.73. The van der Waals surface area contributed by atoms with Gasteiger partial charge in [0.05, 0.1) is 7.11 Å². The molecule has 30 heavy (non-hydrogen) atoms. The number of carbonyl (C=O) groups is 2. The maximum atomic E-state index is 13.4. The second-order valence-electron chi connectivity index (χ2n) is 7.53. The number of thioether (sulfide) groups is 1. The first-order valence-corrected chi connectivity index (χ1v) is 12.2. The fourth-order valence-corrected chi connectivity index (χ4v) is 6.61. The van der Waals surface area contributed by atoms with Crippen LogP contribution in [0.4, 0.5) is 0 Å². The highest BCUT2D eigenvalue weighted by molar-refractivity contribution is 9.10. The number of carbonyl (C=O) groups excluding carboxylic acids is 2. The first kappa shape index (κ1) is 21.7. The Bertz CT molecular complexity index is 985. The van der Waals surface area contributed by atoms with Crippen molar-refractivity contribution in [1.29, 1.82) is 0 Å². The molecule has 2 fully saturated rings. The summed E-state index contributed by atoms with van der Waals surface area (Å²) in [5.41, 5.74) is 1.99. The molecule has 2 saturated heterocycles. The van der Waals surface area contributed by atoms with E-state index in [1.54, 1.807) is 30.8 Å². The van der Waals surface area contributed by atoms with E-state index in [4.69, 9.17) is 4.74 Å². The van der Waals surface area contributed by atoms with Gasteiger partial charge in [-0.05, 0) is 42.3 Å². The zero-order chi connectivity index (χ0) is 21.5. The predicted octanol–water partition coefficient (Wildman–Crippen LogP) is 4.77. The largest absolute Gasteiger partial charge is 0.496 e. The molecule has 0 bridgehead atoms. The summed E-state index contributed by atoms with van der Waals surface area (Å²) in [4.78, 5) is 29.3. The molecule has 0 spiro atoms. The number of fused-ring (bicyclic) bond motifs is 1. The van der Waals surface area contributed by atoms with Gasteiger partial charge in [0.15, 0.2) is 0 Å². The molecule has 2 atom stereocenters. The summed E-state index contributed by atoms with van der Waals surface area (Å²) >= 11 is 8.66. The maximum Gasteiger partial charge on any atom is 0.246 e. The van der Waals surface area contributed by atoms with Gasteiger partial charge in [0.1, 0.15) is 16.7 Å². The minimum Gasteiger partial charge on any atom is -0.496 e. The van der Waals surface area contributed by atoms with Crippen LogP contribution in [0.25, 0.3) is 0 Å². The van der Waals surface area contributed by atoms with Gasteiger partial charge in [-0.2, -0.15) is 0 Å². The number of rotatable bonds is 5. The second-order valence-corrected chi connectivity index (χ2v) is 10.7. The molecule has 0 radical (unpaired) electrons. The summed E-state index contributed by atoms with van der Waals surface area (Å²) in [6.07, 6.45) is 1.20. The van der Waals surface area contributed by atoms with Crippen molar-refractivity contribution in [3.05, 3.63) is 62.5 Å². The Morgan fingerprint density at radius 2 is 1.93 bits per heavy atom. The minimum absolute atomic E-state index is 0.0428. The van der Waals surface area contributed by atoms with Crippen molar-refractivity contribution in [2.24, 2.45) is 0 Å². The molecule has 2 aromatic rings. The normalized spacial score (nSPS) is 22.9. The number of hydrogen-bond acceptors (Lipinski definition) is 4. The molecule has 2 amide bonds. The van der Waals surface area contributed by atoms with Gasteiger partial charge in [-0.25, -0.2) is 0 Å². The smallest absolute Gasteiger partial charge is 0.246 e. The van der Waals surface area contributed by atoms with Crippen LogP contribution < -0.4 is 4.74 Å². The van der Waals surface area contributed by atoms with Crippen LogP contribution >= 0.6 is 43.6 Å². The van der Waals surface area contributed by atoms with Gasteiger partial charge in [0.25, 0.3) is 0 Å². The fraction of sp³-hybridized carbons (Fsp3) is 0.364. The van der Waals surface area contributed by atoms with Gasteiger partial charge in [0.2, 0.25) is 11.8 Å². The van der Waals surface area contributed by atoms with Crippen molar-refractivity contribution in [1.82, 2.24) is 9.80 Å². The lowest BCUT2D eigenvalue weighted by atomic mass is 10.0. The van der Waals surface area contributed by atoms with Crippen LogP contribution in [0.2, 0.25) is 0 Å². The second kappa shape index (κ2) is 8.55. The molecule has 0 unspecified atom stereocenters. The molecule has 5 nitrogen and oxygen atoms in total. The Balaban J connectivity index is 1.58. The minimum atomic E-state index is -0.461. The van der Waals surface area contributed by atoms with Crippen LogP contribution in [0.3, 0.4) is 0 Å². The van der Waals surface area contributed by atoms with Gasteiger partial charge in [0, 0.05) is 40.3 Å². The van der Waals surface area contributed by atoms with E-state index < -0.39 is 10.9 Å². The number of halogens is 2. The van der Waals surface area contributed by atoms with Crippen molar-refractivity contribution >= 4 is 55.4 Å². The third-order valence-corrected chi connectivity index (χ3v) is 8.35.